The third-order valence-electron chi connectivity index (χ3n) is 3.30. The number of ether oxygens (including phenoxy) is 2. The third-order valence-corrected chi connectivity index (χ3v) is 3.30. The van der Waals surface area contributed by atoms with E-state index < -0.39 is 17.8 Å². The van der Waals surface area contributed by atoms with Crippen LogP contribution in [0.2, 0.25) is 0 Å². The average molecular weight is 301 g/mol. The molecule has 0 aromatic heterocycles. The molecule has 1 rings (SSSR count). The number of nitrogens with zero attached hydrogens (tertiary/aromatic N) is 1. The number of esters is 1. The van der Waals surface area contributed by atoms with Crippen LogP contribution in [0.1, 0.15) is 53.4 Å². The van der Waals surface area contributed by atoms with E-state index in [-0.39, 0.29) is 25.0 Å². The second-order valence-corrected chi connectivity index (χ2v) is 6.36. The number of carbonyl (C=O) groups excluding carboxylic acids is 2. The monoisotopic (exact) mass is 301 g/mol. The van der Waals surface area contributed by atoms with Gasteiger partial charge in [-0.2, -0.15) is 0 Å². The van der Waals surface area contributed by atoms with Crippen molar-refractivity contribution in [1.82, 2.24) is 4.90 Å². The molecule has 0 aromatic carbocycles. The van der Waals surface area contributed by atoms with Crippen LogP contribution in [0.15, 0.2) is 0 Å². The van der Waals surface area contributed by atoms with Crippen molar-refractivity contribution in [2.75, 3.05) is 13.2 Å². The number of aliphatic hydroxyl groups is 1. The van der Waals surface area contributed by atoms with Gasteiger partial charge in [0.2, 0.25) is 0 Å². The minimum atomic E-state index is -0.578. The van der Waals surface area contributed by atoms with Gasteiger partial charge in [-0.3, -0.25) is 4.79 Å². The van der Waals surface area contributed by atoms with Gasteiger partial charge in [-0.1, -0.05) is 0 Å². The molecule has 1 aliphatic heterocycles. The van der Waals surface area contributed by atoms with Crippen LogP contribution in [-0.4, -0.2) is 53.0 Å². The SMILES string of the molecule is CCOC(=O)CC[C@@H]1CC[C@@H](O)CN1C(=O)OC(C)(C)C. The molecule has 2 atom stereocenters. The predicted octanol–water partition coefficient (Wildman–Crippen LogP) is 2.09. The van der Waals surface area contributed by atoms with Crippen molar-refractivity contribution >= 4 is 12.1 Å². The highest BCUT2D eigenvalue weighted by Gasteiger charge is 2.33. The van der Waals surface area contributed by atoms with Crippen LogP contribution >= 0.6 is 0 Å². The zero-order chi connectivity index (χ0) is 16.0. The first-order valence-electron chi connectivity index (χ1n) is 7.56. The zero-order valence-corrected chi connectivity index (χ0v) is 13.4. The van der Waals surface area contributed by atoms with Crippen LogP contribution in [0.3, 0.4) is 0 Å². The summed E-state index contributed by atoms with van der Waals surface area (Å²) in [6, 6.07) is -0.0901. The zero-order valence-electron chi connectivity index (χ0n) is 13.4. The summed E-state index contributed by atoms with van der Waals surface area (Å²) in [5, 5.41) is 9.77. The summed E-state index contributed by atoms with van der Waals surface area (Å²) in [6.07, 6.45) is 1.14. The average Bonchev–Trinajstić information content (AvgIpc) is 2.35. The number of rotatable bonds is 4. The maximum absolute atomic E-state index is 12.2. The Morgan fingerprint density at radius 2 is 1.95 bits per heavy atom. The molecule has 0 unspecified atom stereocenters. The van der Waals surface area contributed by atoms with E-state index in [4.69, 9.17) is 9.47 Å². The molecular formula is C15H27NO5. The van der Waals surface area contributed by atoms with Crippen molar-refractivity contribution in [2.45, 2.75) is 71.1 Å². The summed E-state index contributed by atoms with van der Waals surface area (Å²) in [6.45, 7) is 7.79. The van der Waals surface area contributed by atoms with E-state index in [1.54, 1.807) is 32.6 Å². The number of aliphatic hydroxyl groups excluding tert-OH is 1. The molecule has 0 aromatic rings. The van der Waals surface area contributed by atoms with E-state index >= 15 is 0 Å². The second-order valence-electron chi connectivity index (χ2n) is 6.36. The van der Waals surface area contributed by atoms with E-state index in [1.807, 2.05) is 0 Å². The number of β-amino-alcohol motifs (C(OH)–C–C–N with tert-alkyl or cyclic N) is 1. The first kappa shape index (κ1) is 17.8. The Bertz CT molecular complexity index is 364. The molecule has 1 N–H and O–H groups in total. The molecule has 0 saturated carbocycles. The summed E-state index contributed by atoms with van der Waals surface area (Å²) in [5.74, 6) is -0.257. The quantitative estimate of drug-likeness (QED) is 0.805. The van der Waals surface area contributed by atoms with Crippen molar-refractivity contribution in [3.05, 3.63) is 0 Å². The molecule has 0 bridgehead atoms. The molecule has 21 heavy (non-hydrogen) atoms. The number of hydrogen-bond acceptors (Lipinski definition) is 5. The van der Waals surface area contributed by atoms with Crippen molar-refractivity contribution in [3.8, 4) is 0 Å². The summed E-state index contributed by atoms with van der Waals surface area (Å²) in [5.41, 5.74) is -0.578. The Morgan fingerprint density at radius 1 is 1.29 bits per heavy atom. The minimum Gasteiger partial charge on any atom is -0.466 e. The van der Waals surface area contributed by atoms with Gasteiger partial charge in [-0.15, -0.1) is 0 Å². The van der Waals surface area contributed by atoms with Crippen LogP contribution in [0.4, 0.5) is 4.79 Å². The maximum atomic E-state index is 12.2. The molecule has 0 aliphatic carbocycles. The largest absolute Gasteiger partial charge is 0.466 e. The lowest BCUT2D eigenvalue weighted by atomic mass is 9.97. The van der Waals surface area contributed by atoms with Crippen LogP contribution in [0.5, 0.6) is 0 Å². The number of amides is 1. The normalized spacial score (nSPS) is 22.8. The fraction of sp³-hybridized carbons (Fsp3) is 0.867. The Labute approximate surface area is 126 Å². The Kier molecular flexibility index (Phi) is 6.45. The molecule has 1 saturated heterocycles. The molecule has 6 nitrogen and oxygen atoms in total. The van der Waals surface area contributed by atoms with Crippen LogP contribution in [-0.2, 0) is 14.3 Å². The molecule has 1 aliphatic rings. The standard InChI is InChI=1S/C15H27NO5/c1-5-20-13(18)9-7-11-6-8-12(17)10-16(11)14(19)21-15(2,3)4/h11-12,17H,5-10H2,1-4H3/t11-,12+/m0/s1. The smallest absolute Gasteiger partial charge is 0.410 e. The molecule has 1 fully saturated rings. The molecule has 122 valence electrons. The Balaban J connectivity index is 2.62. The summed E-state index contributed by atoms with van der Waals surface area (Å²) in [7, 11) is 0. The fourth-order valence-electron chi connectivity index (χ4n) is 2.37. The lowest BCUT2D eigenvalue weighted by Crippen LogP contribution is -2.50. The maximum Gasteiger partial charge on any atom is 0.410 e. The van der Waals surface area contributed by atoms with Gasteiger partial charge in [-0.05, 0) is 47.0 Å². The van der Waals surface area contributed by atoms with Crippen LogP contribution < -0.4 is 0 Å². The van der Waals surface area contributed by atoms with Gasteiger partial charge in [0.15, 0.2) is 0 Å². The highest BCUT2D eigenvalue weighted by atomic mass is 16.6. The highest BCUT2D eigenvalue weighted by Crippen LogP contribution is 2.24. The van der Waals surface area contributed by atoms with Crippen LogP contribution in [0.25, 0.3) is 0 Å². The van der Waals surface area contributed by atoms with Gasteiger partial charge in [0.1, 0.15) is 5.60 Å². The van der Waals surface area contributed by atoms with Gasteiger partial charge in [0.05, 0.1) is 19.3 Å². The summed E-state index contributed by atoms with van der Waals surface area (Å²) in [4.78, 5) is 25.2. The van der Waals surface area contributed by atoms with Crippen LogP contribution in [0, 0.1) is 0 Å². The molecule has 6 heteroatoms. The topological polar surface area (TPSA) is 76.1 Å². The first-order chi connectivity index (χ1) is 9.73. The minimum absolute atomic E-state index is 0.0901. The fourth-order valence-corrected chi connectivity index (χ4v) is 2.37. The van der Waals surface area contributed by atoms with Crippen molar-refractivity contribution in [2.24, 2.45) is 0 Å². The number of likely N-dealkylation sites (tertiary alicyclic amines) is 1. The second kappa shape index (κ2) is 7.64. The van der Waals surface area contributed by atoms with E-state index in [9.17, 15) is 14.7 Å². The van der Waals surface area contributed by atoms with Gasteiger partial charge in [0.25, 0.3) is 0 Å². The lowest BCUT2D eigenvalue weighted by molar-refractivity contribution is -0.143. The van der Waals surface area contributed by atoms with Gasteiger partial charge in [0, 0.05) is 12.5 Å². The summed E-state index contributed by atoms with van der Waals surface area (Å²) >= 11 is 0. The molecule has 1 amide bonds. The number of piperidine rings is 1. The Hall–Kier alpha value is -1.30. The van der Waals surface area contributed by atoms with E-state index in [1.165, 1.54) is 0 Å². The first-order valence-corrected chi connectivity index (χ1v) is 7.56. The summed E-state index contributed by atoms with van der Waals surface area (Å²) < 4.78 is 10.3. The lowest BCUT2D eigenvalue weighted by Gasteiger charge is -2.38. The van der Waals surface area contributed by atoms with Gasteiger partial charge < -0.3 is 19.5 Å². The van der Waals surface area contributed by atoms with Crippen molar-refractivity contribution in [1.29, 1.82) is 0 Å². The van der Waals surface area contributed by atoms with Gasteiger partial charge >= 0.3 is 12.1 Å². The number of carbonyl (C=O) groups is 2. The van der Waals surface area contributed by atoms with E-state index in [2.05, 4.69) is 0 Å². The van der Waals surface area contributed by atoms with E-state index in [0.29, 0.717) is 25.9 Å². The van der Waals surface area contributed by atoms with Gasteiger partial charge in [-0.25, -0.2) is 4.79 Å². The molecule has 0 radical (unpaired) electrons. The molecular weight excluding hydrogens is 274 g/mol. The van der Waals surface area contributed by atoms with Crippen molar-refractivity contribution < 1.29 is 24.2 Å². The Morgan fingerprint density at radius 3 is 2.52 bits per heavy atom. The van der Waals surface area contributed by atoms with E-state index in [0.717, 1.165) is 0 Å². The highest BCUT2D eigenvalue weighted by molar-refractivity contribution is 5.70. The third kappa shape index (κ3) is 6.33. The predicted molar refractivity (Wildman–Crippen MR) is 77.8 cm³/mol. The number of hydrogen-bond donors (Lipinski definition) is 1. The molecule has 1 heterocycles. The molecule has 0 spiro atoms. The van der Waals surface area contributed by atoms with Crippen molar-refractivity contribution in [3.63, 3.8) is 0 Å².